The number of aryl methyl sites for hydroxylation is 1. The number of aliphatic imine (C=N–C) groups is 1. The second-order valence-electron chi connectivity index (χ2n) is 5.34. The summed E-state index contributed by atoms with van der Waals surface area (Å²) >= 11 is 0. The summed E-state index contributed by atoms with van der Waals surface area (Å²) in [4.78, 5) is 6.17. The van der Waals surface area contributed by atoms with Crippen LogP contribution in [0.5, 0.6) is 0 Å². The Balaban J connectivity index is 0.00000288. The Morgan fingerprint density at radius 3 is 2.71 bits per heavy atom. The molecule has 0 aliphatic carbocycles. The monoisotopic (exact) mass is 449 g/mol. The SMILES string of the molecule is CN=C(NCCc1ccc(F)cc1F)N(C)Cc1cnn(C)c1.I. The van der Waals surface area contributed by atoms with Crippen LogP contribution in [-0.4, -0.2) is 41.3 Å². The molecule has 0 saturated heterocycles. The fraction of sp³-hybridized carbons (Fsp3) is 0.375. The zero-order valence-corrected chi connectivity index (χ0v) is 16.3. The smallest absolute Gasteiger partial charge is 0.193 e. The molecule has 2 rings (SSSR count). The van der Waals surface area contributed by atoms with E-state index < -0.39 is 11.6 Å². The largest absolute Gasteiger partial charge is 0.356 e. The molecule has 132 valence electrons. The van der Waals surface area contributed by atoms with E-state index in [1.807, 2.05) is 25.2 Å². The summed E-state index contributed by atoms with van der Waals surface area (Å²) in [5.74, 6) is -0.381. The van der Waals surface area contributed by atoms with Gasteiger partial charge in [0.15, 0.2) is 5.96 Å². The van der Waals surface area contributed by atoms with E-state index in [-0.39, 0.29) is 24.0 Å². The Bertz CT molecular complexity index is 687. The summed E-state index contributed by atoms with van der Waals surface area (Å²) in [7, 11) is 5.48. The van der Waals surface area contributed by atoms with Crippen molar-refractivity contribution in [3.8, 4) is 0 Å². The van der Waals surface area contributed by atoms with Crippen molar-refractivity contribution in [3.63, 3.8) is 0 Å². The third-order valence-electron chi connectivity index (χ3n) is 3.44. The van der Waals surface area contributed by atoms with Crippen molar-refractivity contribution in [2.75, 3.05) is 20.6 Å². The molecule has 24 heavy (non-hydrogen) atoms. The molecule has 1 aromatic carbocycles. The van der Waals surface area contributed by atoms with Gasteiger partial charge in [0.1, 0.15) is 11.6 Å². The van der Waals surface area contributed by atoms with E-state index in [0.29, 0.717) is 31.0 Å². The highest BCUT2D eigenvalue weighted by Gasteiger charge is 2.09. The molecule has 0 saturated carbocycles. The van der Waals surface area contributed by atoms with Crippen molar-refractivity contribution < 1.29 is 8.78 Å². The maximum Gasteiger partial charge on any atom is 0.193 e. The van der Waals surface area contributed by atoms with Crippen molar-refractivity contribution >= 4 is 29.9 Å². The minimum absolute atomic E-state index is 0. The molecule has 0 fully saturated rings. The maximum atomic E-state index is 13.6. The van der Waals surface area contributed by atoms with Gasteiger partial charge in [-0.3, -0.25) is 9.67 Å². The Kier molecular flexibility index (Phi) is 8.09. The number of hydrogen-bond donors (Lipinski definition) is 1. The van der Waals surface area contributed by atoms with Gasteiger partial charge in [0.05, 0.1) is 6.20 Å². The molecule has 0 spiro atoms. The van der Waals surface area contributed by atoms with E-state index in [1.54, 1.807) is 17.9 Å². The first-order valence-corrected chi connectivity index (χ1v) is 7.33. The quantitative estimate of drug-likeness (QED) is 0.434. The van der Waals surface area contributed by atoms with E-state index in [9.17, 15) is 8.78 Å². The van der Waals surface area contributed by atoms with Gasteiger partial charge >= 0.3 is 0 Å². The first-order valence-electron chi connectivity index (χ1n) is 7.33. The molecule has 8 heteroatoms. The van der Waals surface area contributed by atoms with Gasteiger partial charge in [-0.2, -0.15) is 5.10 Å². The molecule has 2 aromatic rings. The first kappa shape index (κ1) is 20.3. The summed E-state index contributed by atoms with van der Waals surface area (Å²) in [5.41, 5.74) is 1.55. The maximum absolute atomic E-state index is 13.6. The van der Waals surface area contributed by atoms with Crippen molar-refractivity contribution in [2.45, 2.75) is 13.0 Å². The number of benzene rings is 1. The van der Waals surface area contributed by atoms with Gasteiger partial charge < -0.3 is 10.2 Å². The van der Waals surface area contributed by atoms with E-state index in [4.69, 9.17) is 0 Å². The molecule has 1 aromatic heterocycles. The number of halogens is 3. The van der Waals surface area contributed by atoms with Gasteiger partial charge in [-0.25, -0.2) is 8.78 Å². The minimum Gasteiger partial charge on any atom is -0.356 e. The number of nitrogens with one attached hydrogen (secondary N) is 1. The van der Waals surface area contributed by atoms with Crippen LogP contribution in [0.4, 0.5) is 8.78 Å². The number of hydrogen-bond acceptors (Lipinski definition) is 2. The Labute approximate surface area is 157 Å². The van der Waals surface area contributed by atoms with Crippen LogP contribution < -0.4 is 5.32 Å². The molecule has 0 bridgehead atoms. The Morgan fingerprint density at radius 1 is 1.38 bits per heavy atom. The van der Waals surface area contributed by atoms with Crippen LogP contribution in [0.1, 0.15) is 11.1 Å². The highest BCUT2D eigenvalue weighted by Crippen LogP contribution is 2.09. The molecule has 0 unspecified atom stereocenters. The van der Waals surface area contributed by atoms with Crippen molar-refractivity contribution in [3.05, 3.63) is 53.4 Å². The van der Waals surface area contributed by atoms with Crippen molar-refractivity contribution in [1.29, 1.82) is 0 Å². The third-order valence-corrected chi connectivity index (χ3v) is 3.44. The normalized spacial score (nSPS) is 11.1. The standard InChI is InChI=1S/C16H21F2N5.HI/c1-19-16(22(2)10-12-9-21-23(3)11-12)20-7-6-13-4-5-14(17)8-15(13)18;/h4-5,8-9,11H,6-7,10H2,1-3H3,(H,19,20);1H. The van der Waals surface area contributed by atoms with Crippen LogP contribution in [0.25, 0.3) is 0 Å². The van der Waals surface area contributed by atoms with Crippen molar-refractivity contribution in [1.82, 2.24) is 20.0 Å². The first-order chi connectivity index (χ1) is 11.0. The Morgan fingerprint density at radius 2 is 2.12 bits per heavy atom. The predicted molar refractivity (Wildman–Crippen MR) is 102 cm³/mol. The number of guanidine groups is 1. The lowest BCUT2D eigenvalue weighted by Gasteiger charge is -2.21. The van der Waals surface area contributed by atoms with Gasteiger partial charge in [0.25, 0.3) is 0 Å². The molecular formula is C16H22F2IN5. The van der Waals surface area contributed by atoms with Crippen LogP contribution in [-0.2, 0) is 20.0 Å². The van der Waals surface area contributed by atoms with Gasteiger partial charge in [-0.1, -0.05) is 6.07 Å². The second-order valence-corrected chi connectivity index (χ2v) is 5.34. The summed E-state index contributed by atoms with van der Waals surface area (Å²) in [6, 6.07) is 3.63. The van der Waals surface area contributed by atoms with Gasteiger partial charge in [-0.05, 0) is 18.1 Å². The third kappa shape index (κ3) is 5.73. The molecule has 0 aliphatic rings. The second kappa shape index (κ2) is 9.55. The molecule has 1 heterocycles. The summed E-state index contributed by atoms with van der Waals surface area (Å²) in [6.07, 6.45) is 4.20. The van der Waals surface area contributed by atoms with E-state index in [0.717, 1.165) is 11.6 Å². The van der Waals surface area contributed by atoms with Crippen LogP contribution >= 0.6 is 24.0 Å². The summed E-state index contributed by atoms with van der Waals surface area (Å²) in [6.45, 7) is 1.17. The van der Waals surface area contributed by atoms with Crippen LogP contribution in [0, 0.1) is 11.6 Å². The average molecular weight is 449 g/mol. The Hall–Kier alpha value is -1.71. The van der Waals surface area contributed by atoms with E-state index >= 15 is 0 Å². The lowest BCUT2D eigenvalue weighted by molar-refractivity contribution is 0.476. The fourth-order valence-corrected chi connectivity index (χ4v) is 2.32. The topological polar surface area (TPSA) is 45.5 Å². The van der Waals surface area contributed by atoms with Crippen LogP contribution in [0.15, 0.2) is 35.6 Å². The number of rotatable bonds is 5. The average Bonchev–Trinajstić information content (AvgIpc) is 2.90. The fourth-order valence-electron chi connectivity index (χ4n) is 2.32. The molecule has 5 nitrogen and oxygen atoms in total. The van der Waals surface area contributed by atoms with Crippen molar-refractivity contribution in [2.24, 2.45) is 12.0 Å². The molecule has 1 N–H and O–H groups in total. The highest BCUT2D eigenvalue weighted by molar-refractivity contribution is 14.0. The van der Waals surface area contributed by atoms with Crippen LogP contribution in [0.2, 0.25) is 0 Å². The summed E-state index contributed by atoms with van der Waals surface area (Å²) < 4.78 is 28.2. The van der Waals surface area contributed by atoms with Gasteiger partial charge in [0.2, 0.25) is 0 Å². The molecule has 0 radical (unpaired) electrons. The lowest BCUT2D eigenvalue weighted by Crippen LogP contribution is -2.39. The molecule has 0 amide bonds. The van der Waals surface area contributed by atoms with Gasteiger partial charge in [-0.15, -0.1) is 24.0 Å². The van der Waals surface area contributed by atoms with Gasteiger partial charge in [0, 0.05) is 52.1 Å². The highest BCUT2D eigenvalue weighted by atomic mass is 127. The van der Waals surface area contributed by atoms with Crippen LogP contribution in [0.3, 0.4) is 0 Å². The number of nitrogens with zero attached hydrogens (tertiary/aromatic N) is 4. The minimum atomic E-state index is -0.564. The molecule has 0 aliphatic heterocycles. The van der Waals surface area contributed by atoms with E-state index in [1.165, 1.54) is 12.1 Å². The van der Waals surface area contributed by atoms with E-state index in [2.05, 4.69) is 15.4 Å². The lowest BCUT2D eigenvalue weighted by atomic mass is 10.1. The molecular weight excluding hydrogens is 427 g/mol. The zero-order valence-electron chi connectivity index (χ0n) is 14.0. The zero-order chi connectivity index (χ0) is 16.8. The predicted octanol–water partition coefficient (Wildman–Crippen LogP) is 2.57. The molecule has 0 atom stereocenters. The number of aromatic nitrogens is 2. The summed E-state index contributed by atoms with van der Waals surface area (Å²) in [5, 5.41) is 7.31.